The predicted molar refractivity (Wildman–Crippen MR) is 126 cm³/mol. The first-order chi connectivity index (χ1) is 14.1. The van der Waals surface area contributed by atoms with Crippen LogP contribution in [0.2, 0.25) is 0 Å². The van der Waals surface area contributed by atoms with Crippen LogP contribution in [0, 0.1) is 0 Å². The fraction of sp³-hybridized carbons (Fsp3) is 0.458. The van der Waals surface area contributed by atoms with Gasteiger partial charge in [0, 0.05) is 51.2 Å². The van der Waals surface area contributed by atoms with Crippen LogP contribution < -0.4 is 11.5 Å². The second-order valence-electron chi connectivity index (χ2n) is 7.45. The van der Waals surface area contributed by atoms with Gasteiger partial charge in [0.05, 0.1) is 18.8 Å². The van der Waals surface area contributed by atoms with Crippen molar-refractivity contribution in [1.82, 2.24) is 0 Å². The molecule has 6 nitrogen and oxygen atoms in total. The van der Waals surface area contributed by atoms with Crippen molar-refractivity contribution in [2.45, 2.75) is 45.2 Å². The molecule has 2 aliphatic rings. The summed E-state index contributed by atoms with van der Waals surface area (Å²) in [5, 5.41) is 15.3. The molecule has 2 aromatic carbocycles. The van der Waals surface area contributed by atoms with Crippen molar-refractivity contribution in [3.05, 3.63) is 52.9 Å². The molecule has 4 rings (SSSR count). The van der Waals surface area contributed by atoms with Crippen molar-refractivity contribution in [3.63, 3.8) is 0 Å². The van der Waals surface area contributed by atoms with Gasteiger partial charge in [-0.05, 0) is 29.9 Å². The number of hydrogen-bond acceptors (Lipinski definition) is 4. The molecule has 0 bridgehead atoms. The number of nitrogens with zero attached hydrogens (tertiary/aromatic N) is 1. The van der Waals surface area contributed by atoms with Crippen LogP contribution in [0.15, 0.2) is 36.4 Å². The molecule has 2 aromatic rings. The van der Waals surface area contributed by atoms with Gasteiger partial charge in [0.2, 0.25) is 0 Å². The van der Waals surface area contributed by atoms with Crippen molar-refractivity contribution in [2.24, 2.45) is 11.5 Å². The number of hydrogen-bond donors (Lipinski definition) is 3. The van der Waals surface area contributed by atoms with E-state index in [2.05, 4.69) is 5.32 Å². The van der Waals surface area contributed by atoms with Crippen molar-refractivity contribution in [3.8, 4) is 0 Å². The fourth-order valence-corrected chi connectivity index (χ4v) is 3.76. The fourth-order valence-electron chi connectivity index (χ4n) is 3.76. The van der Waals surface area contributed by atoms with Crippen molar-refractivity contribution >= 4 is 28.3 Å². The van der Waals surface area contributed by atoms with Gasteiger partial charge in [-0.2, -0.15) is 0 Å². The Morgan fingerprint density at radius 1 is 1.03 bits per heavy atom. The Kier molecular flexibility index (Phi) is 12.2. The zero-order valence-corrected chi connectivity index (χ0v) is 19.3. The predicted octanol–water partition coefficient (Wildman–Crippen LogP) is 3.62. The molecule has 0 aromatic heterocycles. The van der Waals surface area contributed by atoms with Crippen LogP contribution >= 0.6 is 0 Å². The zero-order valence-electron chi connectivity index (χ0n) is 17.1. The minimum atomic E-state index is 0. The monoisotopic (exact) mass is 608 g/mol. The standard InChI is InChI=1S/C17H17NO3.C6H14N2.CH4.Pt/c19-9-11-21-10-8-18-14-6-4-12-2-1-3-13-5-7-15(20)17(14)16(12)13;7-5-3-1-2-4-6(5)8;;/h1-7,19H,8-11H2,(H,18,20);5-6H,1-4,7-8H2;1H4;. The quantitative estimate of drug-likeness (QED) is 0.343. The second-order valence-corrected chi connectivity index (χ2v) is 7.45. The molecule has 0 heterocycles. The van der Waals surface area contributed by atoms with Crippen LogP contribution in [-0.2, 0) is 25.8 Å². The number of carbonyl (C=O) groups excluding carboxylic acids is 1. The number of benzene rings is 2. The molecule has 0 saturated heterocycles. The number of nitrogens with two attached hydrogens (primary N) is 2. The average molecular weight is 609 g/mol. The molecule has 2 unspecified atom stereocenters. The summed E-state index contributed by atoms with van der Waals surface area (Å²) in [6.07, 6.45) is 8.42. The molecule has 31 heavy (non-hydrogen) atoms. The maximum absolute atomic E-state index is 10.2. The molecule has 2 atom stereocenters. The third-order valence-electron chi connectivity index (χ3n) is 5.36. The maximum Gasteiger partial charge on any atom is 0.346 e. The number of ketones is 1. The van der Waals surface area contributed by atoms with Gasteiger partial charge in [-0.1, -0.05) is 50.6 Å². The summed E-state index contributed by atoms with van der Waals surface area (Å²) < 4.78 is 5.20. The summed E-state index contributed by atoms with van der Waals surface area (Å²) in [7, 11) is 0. The Hall–Kier alpha value is -1.56. The normalized spacial score (nSPS) is 19.0. The molecular formula is C24H35N3O3Pt. The SMILES string of the molecule is C.NC1CCCCC1N.OCCOCC[N-]c1ccc2cccc3c2c1C(=[OH+])C=C3.[Pt]. The molecule has 1 saturated carbocycles. The zero-order chi connectivity index (χ0) is 20.6. The van der Waals surface area contributed by atoms with E-state index >= 15 is 0 Å². The molecule has 2 aliphatic carbocycles. The molecule has 0 radical (unpaired) electrons. The van der Waals surface area contributed by atoms with Gasteiger partial charge in [-0.15, -0.1) is 12.2 Å². The third-order valence-corrected chi connectivity index (χ3v) is 5.36. The molecule has 6 N–H and O–H groups in total. The third kappa shape index (κ3) is 7.23. The first-order valence-electron chi connectivity index (χ1n) is 10.3. The molecule has 174 valence electrons. The molecule has 1 fully saturated rings. The number of aliphatic hydroxyl groups excluding tert-OH is 1. The van der Waals surface area contributed by atoms with Gasteiger partial charge < -0.3 is 26.6 Å². The van der Waals surface area contributed by atoms with E-state index in [-0.39, 0.29) is 53.0 Å². The first kappa shape index (κ1) is 27.5. The molecule has 0 amide bonds. The molecule has 0 aliphatic heterocycles. The number of aliphatic hydroxyl groups is 1. The number of allylic oxidation sites excluding steroid dienone is 1. The Morgan fingerprint density at radius 3 is 2.39 bits per heavy atom. The van der Waals surface area contributed by atoms with Gasteiger partial charge in [0.25, 0.3) is 0 Å². The summed E-state index contributed by atoms with van der Waals surface area (Å²) in [6, 6.07) is 10.6. The van der Waals surface area contributed by atoms with Gasteiger partial charge in [0.15, 0.2) is 0 Å². The summed E-state index contributed by atoms with van der Waals surface area (Å²) in [6.45, 7) is 1.29. The maximum atomic E-state index is 10.2. The van der Waals surface area contributed by atoms with Crippen LogP contribution in [-0.4, -0.2) is 54.1 Å². The number of rotatable bonds is 6. The van der Waals surface area contributed by atoms with Gasteiger partial charge in [-0.3, -0.25) is 4.79 Å². The van der Waals surface area contributed by atoms with Crippen LogP contribution in [0.3, 0.4) is 0 Å². The first-order valence-corrected chi connectivity index (χ1v) is 10.3. The largest absolute Gasteiger partial charge is 0.682 e. The van der Waals surface area contributed by atoms with E-state index in [1.165, 1.54) is 12.8 Å². The van der Waals surface area contributed by atoms with E-state index in [0.29, 0.717) is 19.8 Å². The second kappa shape index (κ2) is 13.8. The van der Waals surface area contributed by atoms with Crippen molar-refractivity contribution in [1.29, 1.82) is 0 Å². The van der Waals surface area contributed by atoms with E-state index in [1.54, 1.807) is 6.08 Å². The molecular weight excluding hydrogens is 573 g/mol. The van der Waals surface area contributed by atoms with E-state index in [0.717, 1.165) is 40.4 Å². The van der Waals surface area contributed by atoms with Crippen molar-refractivity contribution < 1.29 is 35.7 Å². The molecule has 0 spiro atoms. The van der Waals surface area contributed by atoms with Crippen LogP contribution in [0.1, 0.15) is 44.2 Å². The minimum absolute atomic E-state index is 0. The van der Waals surface area contributed by atoms with Crippen molar-refractivity contribution in [2.75, 3.05) is 26.4 Å². The Bertz CT molecular complexity index is 863. The number of ether oxygens (including phenoxy) is 1. The smallest absolute Gasteiger partial charge is 0.346 e. The Balaban J connectivity index is 0.000000410. The van der Waals surface area contributed by atoms with E-state index in [4.69, 9.17) is 21.3 Å². The summed E-state index contributed by atoms with van der Waals surface area (Å²) >= 11 is 0. The topological polar surface area (TPSA) is 117 Å². The minimum Gasteiger partial charge on any atom is -0.682 e. The Morgan fingerprint density at radius 2 is 1.74 bits per heavy atom. The average Bonchev–Trinajstić information content (AvgIpc) is 2.74. The van der Waals surface area contributed by atoms with Crippen LogP contribution in [0.4, 0.5) is 5.69 Å². The summed E-state index contributed by atoms with van der Waals surface area (Å²) in [5.74, 6) is 0.245. The van der Waals surface area contributed by atoms with Crippen LogP contribution in [0.5, 0.6) is 0 Å². The Labute approximate surface area is 199 Å². The summed E-state index contributed by atoms with van der Waals surface area (Å²) in [5.41, 5.74) is 14.0. The summed E-state index contributed by atoms with van der Waals surface area (Å²) in [4.78, 5) is 10.2. The van der Waals surface area contributed by atoms with Gasteiger partial charge in [0.1, 0.15) is 0 Å². The van der Waals surface area contributed by atoms with Gasteiger partial charge >= 0.3 is 5.78 Å². The van der Waals surface area contributed by atoms with E-state index in [9.17, 15) is 4.79 Å². The van der Waals surface area contributed by atoms with E-state index < -0.39 is 0 Å². The van der Waals surface area contributed by atoms with Crippen LogP contribution in [0.25, 0.3) is 22.2 Å². The van der Waals surface area contributed by atoms with E-state index in [1.807, 2.05) is 36.4 Å². The molecule has 7 heteroatoms. The van der Waals surface area contributed by atoms with Gasteiger partial charge in [-0.25, -0.2) is 0 Å².